The highest BCUT2D eigenvalue weighted by atomic mass is 79.9. The molecule has 1 aliphatic heterocycles. The zero-order chi connectivity index (χ0) is 14.8. The van der Waals surface area contributed by atoms with E-state index in [0.29, 0.717) is 16.6 Å². The second-order valence-electron chi connectivity index (χ2n) is 5.07. The van der Waals surface area contributed by atoms with E-state index in [1.807, 2.05) is 30.3 Å². The van der Waals surface area contributed by atoms with Crippen molar-refractivity contribution in [1.29, 1.82) is 0 Å². The maximum Gasteiger partial charge on any atom is 0.142 e. The van der Waals surface area contributed by atoms with Crippen LogP contribution in [-0.4, -0.2) is 6.61 Å². The summed E-state index contributed by atoms with van der Waals surface area (Å²) in [4.78, 5) is 0. The van der Waals surface area contributed by atoms with Crippen LogP contribution in [0.3, 0.4) is 0 Å². The summed E-state index contributed by atoms with van der Waals surface area (Å²) in [5.74, 6) is 6.39. The Morgan fingerprint density at radius 3 is 2.86 bits per heavy atom. The maximum absolute atomic E-state index is 14.4. The molecule has 0 aromatic heterocycles. The first-order chi connectivity index (χ1) is 10.2. The van der Waals surface area contributed by atoms with Crippen LogP contribution in [-0.2, 0) is 0 Å². The van der Waals surface area contributed by atoms with Gasteiger partial charge < -0.3 is 4.74 Å². The number of para-hydroxylation sites is 1. The molecular weight excluding hydrogens is 335 g/mol. The molecule has 0 saturated carbocycles. The van der Waals surface area contributed by atoms with Gasteiger partial charge in [-0.2, -0.15) is 0 Å². The van der Waals surface area contributed by atoms with Crippen LogP contribution in [0.15, 0.2) is 46.9 Å². The lowest BCUT2D eigenvalue weighted by molar-refractivity contribution is 0.244. The molecule has 21 heavy (non-hydrogen) atoms. The summed E-state index contributed by atoms with van der Waals surface area (Å²) in [6, 6.07) is 12.8. The van der Waals surface area contributed by atoms with Gasteiger partial charge in [-0.1, -0.05) is 30.3 Å². The van der Waals surface area contributed by atoms with E-state index >= 15 is 0 Å². The van der Waals surface area contributed by atoms with Gasteiger partial charge in [-0.05, 0) is 40.0 Å². The number of hydrogen-bond donors (Lipinski definition) is 2. The molecule has 2 aromatic carbocycles. The van der Waals surface area contributed by atoms with Gasteiger partial charge in [0.1, 0.15) is 11.6 Å². The zero-order valence-corrected chi connectivity index (χ0v) is 12.9. The van der Waals surface area contributed by atoms with E-state index < -0.39 is 0 Å². The Morgan fingerprint density at radius 1 is 1.24 bits per heavy atom. The van der Waals surface area contributed by atoms with Crippen molar-refractivity contribution in [2.75, 3.05) is 6.61 Å². The van der Waals surface area contributed by atoms with Gasteiger partial charge in [-0.15, -0.1) is 0 Å². The van der Waals surface area contributed by atoms with Crippen molar-refractivity contribution < 1.29 is 9.13 Å². The Hall–Kier alpha value is -1.43. The van der Waals surface area contributed by atoms with Crippen molar-refractivity contribution in [1.82, 2.24) is 5.43 Å². The van der Waals surface area contributed by atoms with E-state index in [1.165, 1.54) is 0 Å². The monoisotopic (exact) mass is 350 g/mol. The van der Waals surface area contributed by atoms with Crippen LogP contribution in [0.1, 0.15) is 29.5 Å². The van der Waals surface area contributed by atoms with Crippen LogP contribution >= 0.6 is 15.9 Å². The first kappa shape index (κ1) is 14.5. The molecular formula is C16H16BrFN2O. The Labute approximate surface area is 131 Å². The molecule has 3 N–H and O–H groups in total. The third-order valence-electron chi connectivity index (χ3n) is 3.90. The minimum atomic E-state index is -0.299. The molecule has 0 spiro atoms. The number of benzene rings is 2. The third-order valence-corrected chi connectivity index (χ3v) is 4.52. The quantitative estimate of drug-likeness (QED) is 0.655. The van der Waals surface area contributed by atoms with Crippen LogP contribution < -0.4 is 16.0 Å². The molecule has 0 aliphatic carbocycles. The molecule has 3 rings (SSSR count). The first-order valence-electron chi connectivity index (χ1n) is 6.84. The lowest BCUT2D eigenvalue weighted by Crippen LogP contribution is -2.35. The van der Waals surface area contributed by atoms with Crippen molar-refractivity contribution in [3.63, 3.8) is 0 Å². The number of nitrogens with one attached hydrogen (secondary N) is 1. The summed E-state index contributed by atoms with van der Waals surface area (Å²) in [5.41, 5.74) is 4.41. The van der Waals surface area contributed by atoms with Crippen LogP contribution in [0.5, 0.6) is 5.75 Å². The van der Waals surface area contributed by atoms with Gasteiger partial charge in [-0.25, -0.2) is 4.39 Å². The molecule has 0 fully saturated rings. The van der Waals surface area contributed by atoms with Gasteiger partial charge in [0.2, 0.25) is 0 Å². The molecule has 2 atom stereocenters. The standard InChI is InChI=1S/C16H16BrFN2O/c17-13-6-3-5-12(15(13)18)16(20-19)11-8-9-21-14-7-2-1-4-10(11)14/h1-7,11,16,20H,8-9,19H2. The molecule has 0 amide bonds. The molecule has 0 radical (unpaired) electrons. The fraction of sp³-hybridized carbons (Fsp3) is 0.250. The van der Waals surface area contributed by atoms with E-state index in [9.17, 15) is 4.39 Å². The molecule has 1 aliphatic rings. The molecule has 2 unspecified atom stereocenters. The van der Waals surface area contributed by atoms with Crippen molar-refractivity contribution in [3.05, 3.63) is 63.9 Å². The Balaban J connectivity index is 2.04. The van der Waals surface area contributed by atoms with Crippen molar-refractivity contribution in [2.45, 2.75) is 18.4 Å². The van der Waals surface area contributed by atoms with Crippen LogP contribution in [0, 0.1) is 5.82 Å². The number of hydrazine groups is 1. The predicted molar refractivity (Wildman–Crippen MR) is 83.5 cm³/mol. The highest BCUT2D eigenvalue weighted by Crippen LogP contribution is 2.42. The first-order valence-corrected chi connectivity index (χ1v) is 7.63. The number of nitrogens with two attached hydrogens (primary N) is 1. The van der Waals surface area contributed by atoms with Gasteiger partial charge in [0.05, 0.1) is 17.1 Å². The lowest BCUT2D eigenvalue weighted by atomic mass is 9.83. The highest BCUT2D eigenvalue weighted by molar-refractivity contribution is 9.10. The van der Waals surface area contributed by atoms with Gasteiger partial charge in [-0.3, -0.25) is 11.3 Å². The molecule has 3 nitrogen and oxygen atoms in total. The highest BCUT2D eigenvalue weighted by Gasteiger charge is 2.31. The SMILES string of the molecule is NNC(c1cccc(Br)c1F)C1CCOc2ccccc21. The largest absolute Gasteiger partial charge is 0.493 e. The Morgan fingerprint density at radius 2 is 2.05 bits per heavy atom. The summed E-state index contributed by atoms with van der Waals surface area (Å²) >= 11 is 3.23. The van der Waals surface area contributed by atoms with Gasteiger partial charge in [0.25, 0.3) is 0 Å². The summed E-state index contributed by atoms with van der Waals surface area (Å²) in [7, 11) is 0. The lowest BCUT2D eigenvalue weighted by Gasteiger charge is -2.32. The Kier molecular flexibility index (Phi) is 4.24. The van der Waals surface area contributed by atoms with Gasteiger partial charge in [0.15, 0.2) is 0 Å². The van der Waals surface area contributed by atoms with Crippen LogP contribution in [0.25, 0.3) is 0 Å². The maximum atomic E-state index is 14.4. The molecule has 110 valence electrons. The van der Waals surface area contributed by atoms with Crippen molar-refractivity contribution in [3.8, 4) is 5.75 Å². The van der Waals surface area contributed by atoms with Crippen LogP contribution in [0.2, 0.25) is 0 Å². The fourth-order valence-corrected chi connectivity index (χ4v) is 3.28. The van der Waals surface area contributed by atoms with E-state index in [1.54, 1.807) is 12.1 Å². The Bertz CT molecular complexity index is 650. The minimum Gasteiger partial charge on any atom is -0.493 e. The van der Waals surface area contributed by atoms with Crippen molar-refractivity contribution in [2.24, 2.45) is 5.84 Å². The average Bonchev–Trinajstić information content (AvgIpc) is 2.52. The smallest absolute Gasteiger partial charge is 0.142 e. The fourth-order valence-electron chi connectivity index (χ4n) is 2.90. The molecule has 2 aromatic rings. The topological polar surface area (TPSA) is 47.3 Å². The predicted octanol–water partition coefficient (Wildman–Crippen LogP) is 3.66. The molecule has 0 bridgehead atoms. The third kappa shape index (κ3) is 2.69. The number of ether oxygens (including phenoxy) is 1. The van der Waals surface area contributed by atoms with Gasteiger partial charge >= 0.3 is 0 Å². The summed E-state index contributed by atoms with van der Waals surface area (Å²) < 4.78 is 20.5. The average molecular weight is 351 g/mol. The molecule has 1 heterocycles. The van der Waals surface area contributed by atoms with E-state index in [-0.39, 0.29) is 17.8 Å². The molecule has 0 saturated heterocycles. The van der Waals surface area contributed by atoms with Gasteiger partial charge in [0, 0.05) is 11.5 Å². The van der Waals surface area contributed by atoms with E-state index in [4.69, 9.17) is 10.6 Å². The molecule has 5 heteroatoms. The number of fused-ring (bicyclic) bond motifs is 1. The number of rotatable bonds is 3. The second kappa shape index (κ2) is 6.13. The normalized spacial score (nSPS) is 18.7. The summed E-state index contributed by atoms with van der Waals surface area (Å²) in [6.07, 6.45) is 0.790. The number of hydrogen-bond acceptors (Lipinski definition) is 3. The second-order valence-corrected chi connectivity index (χ2v) is 5.92. The van der Waals surface area contributed by atoms with Crippen LogP contribution in [0.4, 0.5) is 4.39 Å². The zero-order valence-electron chi connectivity index (χ0n) is 11.4. The van der Waals surface area contributed by atoms with E-state index in [2.05, 4.69) is 21.4 Å². The number of halogens is 2. The minimum absolute atomic E-state index is 0.0729. The summed E-state index contributed by atoms with van der Waals surface area (Å²) in [6.45, 7) is 0.607. The van der Waals surface area contributed by atoms with E-state index in [0.717, 1.165) is 17.7 Å². The van der Waals surface area contributed by atoms with Crippen molar-refractivity contribution >= 4 is 15.9 Å². The summed E-state index contributed by atoms with van der Waals surface area (Å²) in [5, 5.41) is 0.